The van der Waals surface area contributed by atoms with Crippen molar-refractivity contribution >= 4 is 22.6 Å². The number of rotatable bonds is 6. The standard InChI is InChI=1S/C17H21IN2/c1-3-10-19-17(14-6-8-15(18)9-7-14)12-16-13(2)5-4-11-20-16/h4-9,11,17,19H,3,10,12H2,1-2H3. The Labute approximate surface area is 135 Å². The van der Waals surface area contributed by atoms with Crippen LogP contribution in [0.4, 0.5) is 0 Å². The van der Waals surface area contributed by atoms with Crippen molar-refractivity contribution in [3.05, 3.63) is 63.0 Å². The van der Waals surface area contributed by atoms with E-state index >= 15 is 0 Å². The highest BCUT2D eigenvalue weighted by atomic mass is 127. The maximum atomic E-state index is 4.53. The fourth-order valence-electron chi connectivity index (χ4n) is 2.25. The van der Waals surface area contributed by atoms with Crippen molar-refractivity contribution < 1.29 is 0 Å². The molecule has 0 amide bonds. The quantitative estimate of drug-likeness (QED) is 0.757. The Balaban J connectivity index is 2.19. The number of pyridine rings is 1. The zero-order valence-corrected chi connectivity index (χ0v) is 14.2. The molecule has 0 saturated carbocycles. The lowest BCUT2D eigenvalue weighted by Gasteiger charge is -2.19. The number of aromatic nitrogens is 1. The first-order chi connectivity index (χ1) is 9.70. The van der Waals surface area contributed by atoms with Crippen LogP contribution in [0.5, 0.6) is 0 Å². The molecule has 0 bridgehead atoms. The normalized spacial score (nSPS) is 12.3. The van der Waals surface area contributed by atoms with Gasteiger partial charge in [0.25, 0.3) is 0 Å². The van der Waals surface area contributed by atoms with E-state index in [-0.39, 0.29) is 0 Å². The molecular weight excluding hydrogens is 359 g/mol. The minimum Gasteiger partial charge on any atom is -0.310 e. The fourth-order valence-corrected chi connectivity index (χ4v) is 2.61. The maximum Gasteiger partial charge on any atom is 0.0451 e. The van der Waals surface area contributed by atoms with Gasteiger partial charge in [-0.1, -0.05) is 25.1 Å². The largest absolute Gasteiger partial charge is 0.310 e. The van der Waals surface area contributed by atoms with Crippen LogP contribution in [0.15, 0.2) is 42.6 Å². The second kappa shape index (κ2) is 7.74. The van der Waals surface area contributed by atoms with Crippen molar-refractivity contribution in [2.45, 2.75) is 32.7 Å². The Kier molecular flexibility index (Phi) is 5.98. The topological polar surface area (TPSA) is 24.9 Å². The van der Waals surface area contributed by atoms with E-state index in [0.717, 1.165) is 19.4 Å². The van der Waals surface area contributed by atoms with Gasteiger partial charge in [-0.2, -0.15) is 0 Å². The van der Waals surface area contributed by atoms with E-state index in [1.165, 1.54) is 20.4 Å². The van der Waals surface area contributed by atoms with E-state index in [1.807, 2.05) is 12.3 Å². The van der Waals surface area contributed by atoms with Crippen LogP contribution in [0.25, 0.3) is 0 Å². The number of hydrogen-bond donors (Lipinski definition) is 1. The molecule has 0 radical (unpaired) electrons. The summed E-state index contributed by atoms with van der Waals surface area (Å²) in [5.41, 5.74) is 3.78. The van der Waals surface area contributed by atoms with Crippen LogP contribution in [0.1, 0.15) is 36.2 Å². The molecular formula is C17H21IN2. The Morgan fingerprint density at radius 1 is 1.20 bits per heavy atom. The van der Waals surface area contributed by atoms with Crippen LogP contribution in [-0.4, -0.2) is 11.5 Å². The predicted molar refractivity (Wildman–Crippen MR) is 92.9 cm³/mol. The summed E-state index contributed by atoms with van der Waals surface area (Å²) in [7, 11) is 0. The molecule has 0 saturated heterocycles. The van der Waals surface area contributed by atoms with E-state index in [2.05, 4.69) is 77.1 Å². The molecule has 0 aliphatic rings. The van der Waals surface area contributed by atoms with Crippen LogP contribution < -0.4 is 5.32 Å². The zero-order valence-electron chi connectivity index (χ0n) is 12.1. The Morgan fingerprint density at radius 3 is 2.60 bits per heavy atom. The lowest BCUT2D eigenvalue weighted by Crippen LogP contribution is -2.24. The van der Waals surface area contributed by atoms with Crippen LogP contribution in [0.2, 0.25) is 0 Å². The molecule has 2 aromatic rings. The monoisotopic (exact) mass is 380 g/mol. The van der Waals surface area contributed by atoms with Gasteiger partial charge in [0, 0.05) is 27.9 Å². The maximum absolute atomic E-state index is 4.53. The van der Waals surface area contributed by atoms with Crippen LogP contribution in [0, 0.1) is 10.5 Å². The molecule has 1 N–H and O–H groups in total. The highest BCUT2D eigenvalue weighted by molar-refractivity contribution is 14.1. The van der Waals surface area contributed by atoms with Gasteiger partial charge >= 0.3 is 0 Å². The van der Waals surface area contributed by atoms with Crippen molar-refractivity contribution in [1.29, 1.82) is 0 Å². The third-order valence-electron chi connectivity index (χ3n) is 3.43. The van der Waals surface area contributed by atoms with E-state index in [1.54, 1.807) is 0 Å². The Morgan fingerprint density at radius 2 is 1.95 bits per heavy atom. The zero-order chi connectivity index (χ0) is 14.4. The van der Waals surface area contributed by atoms with Crippen LogP contribution >= 0.6 is 22.6 Å². The molecule has 2 nitrogen and oxygen atoms in total. The molecule has 3 heteroatoms. The van der Waals surface area contributed by atoms with E-state index < -0.39 is 0 Å². The van der Waals surface area contributed by atoms with Crippen LogP contribution in [0.3, 0.4) is 0 Å². The summed E-state index contributed by atoms with van der Waals surface area (Å²) < 4.78 is 1.27. The lowest BCUT2D eigenvalue weighted by molar-refractivity contribution is 0.523. The molecule has 2 rings (SSSR count). The van der Waals surface area contributed by atoms with E-state index in [9.17, 15) is 0 Å². The molecule has 0 aliphatic carbocycles. The first-order valence-electron chi connectivity index (χ1n) is 7.10. The molecule has 0 fully saturated rings. The average molecular weight is 380 g/mol. The van der Waals surface area contributed by atoms with Crippen molar-refractivity contribution in [3.63, 3.8) is 0 Å². The van der Waals surface area contributed by atoms with Gasteiger partial charge in [0.2, 0.25) is 0 Å². The molecule has 0 aliphatic heterocycles. The smallest absolute Gasteiger partial charge is 0.0451 e. The molecule has 1 heterocycles. The molecule has 1 unspecified atom stereocenters. The molecule has 20 heavy (non-hydrogen) atoms. The summed E-state index contributed by atoms with van der Waals surface area (Å²) in [5, 5.41) is 3.64. The number of hydrogen-bond acceptors (Lipinski definition) is 2. The average Bonchev–Trinajstić information content (AvgIpc) is 2.46. The Hall–Kier alpha value is -0.940. The SMILES string of the molecule is CCCNC(Cc1ncccc1C)c1ccc(I)cc1. The molecule has 1 aromatic heterocycles. The van der Waals surface area contributed by atoms with Gasteiger partial charge in [0.1, 0.15) is 0 Å². The highest BCUT2D eigenvalue weighted by Crippen LogP contribution is 2.20. The molecule has 0 spiro atoms. The van der Waals surface area contributed by atoms with E-state index in [0.29, 0.717) is 6.04 Å². The fraction of sp³-hybridized carbons (Fsp3) is 0.353. The summed E-state index contributed by atoms with van der Waals surface area (Å²) in [6.45, 7) is 5.36. The summed E-state index contributed by atoms with van der Waals surface area (Å²) in [4.78, 5) is 4.53. The summed E-state index contributed by atoms with van der Waals surface area (Å²) >= 11 is 2.34. The summed E-state index contributed by atoms with van der Waals surface area (Å²) in [6.07, 6.45) is 3.96. The number of nitrogens with zero attached hydrogens (tertiary/aromatic N) is 1. The molecule has 1 aromatic carbocycles. The van der Waals surface area contributed by atoms with Gasteiger partial charge in [0.05, 0.1) is 0 Å². The summed E-state index contributed by atoms with van der Waals surface area (Å²) in [5.74, 6) is 0. The summed E-state index contributed by atoms with van der Waals surface area (Å²) in [6, 6.07) is 13.2. The number of halogens is 1. The minimum atomic E-state index is 0.334. The number of aryl methyl sites for hydroxylation is 1. The highest BCUT2D eigenvalue weighted by Gasteiger charge is 2.13. The third kappa shape index (κ3) is 4.28. The second-order valence-electron chi connectivity index (χ2n) is 5.03. The van der Waals surface area contributed by atoms with Gasteiger partial charge in [-0.05, 0) is 71.8 Å². The van der Waals surface area contributed by atoms with Gasteiger partial charge in [-0.15, -0.1) is 0 Å². The number of benzene rings is 1. The second-order valence-corrected chi connectivity index (χ2v) is 6.28. The lowest BCUT2D eigenvalue weighted by atomic mass is 9.99. The third-order valence-corrected chi connectivity index (χ3v) is 4.15. The van der Waals surface area contributed by atoms with E-state index in [4.69, 9.17) is 0 Å². The first kappa shape index (κ1) is 15.4. The van der Waals surface area contributed by atoms with Crippen molar-refractivity contribution in [2.75, 3.05) is 6.54 Å². The first-order valence-corrected chi connectivity index (χ1v) is 8.18. The van der Waals surface area contributed by atoms with Crippen LogP contribution in [-0.2, 0) is 6.42 Å². The van der Waals surface area contributed by atoms with Crippen molar-refractivity contribution in [3.8, 4) is 0 Å². The van der Waals surface area contributed by atoms with Crippen molar-refractivity contribution in [1.82, 2.24) is 10.3 Å². The molecule has 1 atom stereocenters. The minimum absolute atomic E-state index is 0.334. The van der Waals surface area contributed by atoms with Crippen molar-refractivity contribution in [2.24, 2.45) is 0 Å². The van der Waals surface area contributed by atoms with Gasteiger partial charge in [0.15, 0.2) is 0 Å². The number of nitrogens with one attached hydrogen (secondary N) is 1. The van der Waals surface area contributed by atoms with Gasteiger partial charge in [-0.25, -0.2) is 0 Å². The van der Waals surface area contributed by atoms with Gasteiger partial charge < -0.3 is 5.32 Å². The predicted octanol–water partition coefficient (Wildman–Crippen LogP) is 4.28. The molecule has 106 valence electrons. The van der Waals surface area contributed by atoms with Gasteiger partial charge in [-0.3, -0.25) is 4.98 Å². The Bertz CT molecular complexity index is 537.